The number of sulfone groups is 1. The standard InChI is InChI=1S/C18H26F3N3O2S/c1-23-15(10-16(22-23)18(19,20)21)13-2-4-14(5-3-13)24-8-6-17(11-24)7-9-27(25,26)12-17/h10,13-14H,2-9,11-12H2,1H3. The van der Waals surface area contributed by atoms with Crippen LogP contribution in [-0.4, -0.2) is 53.7 Å². The Kier molecular flexibility index (Phi) is 4.61. The summed E-state index contributed by atoms with van der Waals surface area (Å²) in [6.45, 7) is 1.79. The Hall–Kier alpha value is -1.09. The van der Waals surface area contributed by atoms with Crippen molar-refractivity contribution in [2.75, 3.05) is 24.6 Å². The smallest absolute Gasteiger partial charge is 0.300 e. The molecule has 0 N–H and O–H groups in total. The third-order valence-corrected chi connectivity index (χ3v) is 8.65. The summed E-state index contributed by atoms with van der Waals surface area (Å²) in [5.41, 5.74) is -0.203. The second-order valence-corrected chi connectivity index (χ2v) is 10.8. The average molecular weight is 405 g/mol. The van der Waals surface area contributed by atoms with Crippen molar-refractivity contribution in [2.45, 2.75) is 56.7 Å². The third kappa shape index (κ3) is 3.77. The monoisotopic (exact) mass is 405 g/mol. The van der Waals surface area contributed by atoms with Crippen LogP contribution in [0.25, 0.3) is 0 Å². The van der Waals surface area contributed by atoms with Crippen molar-refractivity contribution in [3.05, 3.63) is 17.5 Å². The molecule has 0 bridgehead atoms. The maximum absolute atomic E-state index is 12.9. The number of alkyl halides is 3. The summed E-state index contributed by atoms with van der Waals surface area (Å²) in [5.74, 6) is 0.745. The Balaban J connectivity index is 1.37. The molecule has 3 fully saturated rings. The molecule has 1 saturated carbocycles. The molecule has 1 spiro atoms. The molecule has 4 rings (SSSR count). The normalized spacial score (nSPS) is 34.5. The van der Waals surface area contributed by atoms with Gasteiger partial charge in [0.05, 0.1) is 11.5 Å². The fourth-order valence-corrected chi connectivity index (χ4v) is 7.53. The number of hydrogen-bond acceptors (Lipinski definition) is 4. The van der Waals surface area contributed by atoms with Crippen molar-refractivity contribution in [2.24, 2.45) is 12.5 Å². The van der Waals surface area contributed by atoms with E-state index in [2.05, 4.69) is 10.00 Å². The van der Waals surface area contributed by atoms with Gasteiger partial charge in [-0.05, 0) is 56.6 Å². The summed E-state index contributed by atoms with van der Waals surface area (Å²) in [6, 6.07) is 1.61. The van der Waals surface area contributed by atoms with Gasteiger partial charge in [-0.25, -0.2) is 8.42 Å². The summed E-state index contributed by atoms with van der Waals surface area (Å²) in [4.78, 5) is 2.43. The molecule has 3 heterocycles. The molecule has 1 aliphatic carbocycles. The number of halogens is 3. The van der Waals surface area contributed by atoms with Gasteiger partial charge in [0, 0.05) is 31.2 Å². The van der Waals surface area contributed by atoms with Crippen LogP contribution in [0.2, 0.25) is 0 Å². The third-order valence-electron chi connectivity index (χ3n) is 6.78. The first-order valence-electron chi connectivity index (χ1n) is 9.63. The van der Waals surface area contributed by atoms with Crippen LogP contribution in [0, 0.1) is 5.41 Å². The van der Waals surface area contributed by atoms with Crippen molar-refractivity contribution in [1.29, 1.82) is 0 Å². The van der Waals surface area contributed by atoms with Crippen LogP contribution in [0.5, 0.6) is 0 Å². The fraction of sp³-hybridized carbons (Fsp3) is 0.833. The van der Waals surface area contributed by atoms with E-state index >= 15 is 0 Å². The number of hydrogen-bond donors (Lipinski definition) is 0. The minimum absolute atomic E-state index is 0.0562. The molecule has 3 aliphatic rings. The Morgan fingerprint density at radius 2 is 1.89 bits per heavy atom. The number of aromatic nitrogens is 2. The predicted octanol–water partition coefficient (Wildman–Crippen LogP) is 2.98. The molecule has 1 atom stereocenters. The fourth-order valence-electron chi connectivity index (χ4n) is 5.33. The van der Waals surface area contributed by atoms with E-state index in [1.807, 2.05) is 0 Å². The van der Waals surface area contributed by atoms with Gasteiger partial charge in [-0.3, -0.25) is 9.58 Å². The van der Waals surface area contributed by atoms with E-state index in [-0.39, 0.29) is 11.3 Å². The topological polar surface area (TPSA) is 55.2 Å². The van der Waals surface area contributed by atoms with Crippen LogP contribution in [0.3, 0.4) is 0 Å². The van der Waals surface area contributed by atoms with E-state index in [4.69, 9.17) is 0 Å². The molecular weight excluding hydrogens is 379 g/mol. The van der Waals surface area contributed by atoms with E-state index in [1.54, 1.807) is 7.05 Å². The minimum Gasteiger partial charge on any atom is -0.300 e. The zero-order chi connectivity index (χ0) is 19.4. The largest absolute Gasteiger partial charge is 0.435 e. The van der Waals surface area contributed by atoms with Gasteiger partial charge in [-0.15, -0.1) is 0 Å². The van der Waals surface area contributed by atoms with Crippen molar-refractivity contribution in [3.63, 3.8) is 0 Å². The van der Waals surface area contributed by atoms with E-state index in [0.717, 1.165) is 51.6 Å². The van der Waals surface area contributed by atoms with Crippen LogP contribution in [0.15, 0.2) is 6.07 Å². The van der Waals surface area contributed by atoms with Gasteiger partial charge in [0.1, 0.15) is 0 Å². The maximum Gasteiger partial charge on any atom is 0.435 e. The summed E-state index contributed by atoms with van der Waals surface area (Å²) in [5, 5.41) is 3.64. The molecule has 1 aromatic rings. The molecule has 2 saturated heterocycles. The number of aryl methyl sites for hydroxylation is 1. The van der Waals surface area contributed by atoms with E-state index < -0.39 is 21.7 Å². The number of nitrogens with zero attached hydrogens (tertiary/aromatic N) is 3. The van der Waals surface area contributed by atoms with Crippen LogP contribution in [-0.2, 0) is 23.1 Å². The van der Waals surface area contributed by atoms with Gasteiger partial charge >= 0.3 is 6.18 Å². The summed E-state index contributed by atoms with van der Waals surface area (Å²) >= 11 is 0. The first kappa shape index (κ1) is 19.2. The van der Waals surface area contributed by atoms with Gasteiger partial charge in [0.25, 0.3) is 0 Å². The Morgan fingerprint density at radius 3 is 2.44 bits per heavy atom. The number of likely N-dealkylation sites (tertiary alicyclic amines) is 1. The van der Waals surface area contributed by atoms with Crippen molar-refractivity contribution in [3.8, 4) is 0 Å². The molecule has 9 heteroatoms. The van der Waals surface area contributed by atoms with Gasteiger partial charge in [-0.2, -0.15) is 18.3 Å². The Morgan fingerprint density at radius 1 is 1.19 bits per heavy atom. The van der Waals surface area contributed by atoms with E-state index in [1.165, 1.54) is 10.7 Å². The van der Waals surface area contributed by atoms with E-state index in [9.17, 15) is 21.6 Å². The Labute approximate surface area is 157 Å². The van der Waals surface area contributed by atoms with Crippen molar-refractivity contribution >= 4 is 9.84 Å². The molecule has 152 valence electrons. The van der Waals surface area contributed by atoms with Crippen LogP contribution < -0.4 is 0 Å². The molecule has 27 heavy (non-hydrogen) atoms. The second-order valence-electron chi connectivity index (χ2n) is 8.64. The quantitative estimate of drug-likeness (QED) is 0.759. The average Bonchev–Trinajstić information content (AvgIpc) is 3.25. The maximum atomic E-state index is 12.9. The summed E-state index contributed by atoms with van der Waals surface area (Å²) in [6.07, 6.45) is 0.907. The van der Waals surface area contributed by atoms with E-state index in [0.29, 0.717) is 23.2 Å². The highest BCUT2D eigenvalue weighted by atomic mass is 32.2. The van der Waals surface area contributed by atoms with Gasteiger partial charge in [-0.1, -0.05) is 0 Å². The van der Waals surface area contributed by atoms with Crippen LogP contribution in [0.4, 0.5) is 13.2 Å². The highest BCUT2D eigenvalue weighted by molar-refractivity contribution is 7.91. The molecule has 0 aromatic carbocycles. The zero-order valence-electron chi connectivity index (χ0n) is 15.5. The number of rotatable bonds is 2. The highest BCUT2D eigenvalue weighted by Crippen LogP contribution is 2.44. The van der Waals surface area contributed by atoms with Crippen LogP contribution in [0.1, 0.15) is 55.8 Å². The second kappa shape index (κ2) is 6.47. The molecule has 1 unspecified atom stereocenters. The lowest BCUT2D eigenvalue weighted by Gasteiger charge is -2.35. The lowest BCUT2D eigenvalue weighted by Crippen LogP contribution is -2.38. The molecule has 1 aromatic heterocycles. The molecule has 0 amide bonds. The highest BCUT2D eigenvalue weighted by Gasteiger charge is 2.48. The van der Waals surface area contributed by atoms with Crippen LogP contribution >= 0.6 is 0 Å². The van der Waals surface area contributed by atoms with Gasteiger partial charge < -0.3 is 0 Å². The zero-order valence-corrected chi connectivity index (χ0v) is 16.3. The minimum atomic E-state index is -4.40. The molecule has 2 aliphatic heterocycles. The molecule has 0 radical (unpaired) electrons. The molecular formula is C18H26F3N3O2S. The lowest BCUT2D eigenvalue weighted by molar-refractivity contribution is -0.141. The van der Waals surface area contributed by atoms with Crippen molar-refractivity contribution < 1.29 is 21.6 Å². The summed E-state index contributed by atoms with van der Waals surface area (Å²) < 4.78 is 63.8. The summed E-state index contributed by atoms with van der Waals surface area (Å²) in [7, 11) is -1.30. The van der Waals surface area contributed by atoms with Gasteiger partial charge in [0.2, 0.25) is 0 Å². The first-order chi connectivity index (χ1) is 12.6. The Bertz CT molecular complexity index is 812. The lowest BCUT2D eigenvalue weighted by atomic mass is 9.83. The molecule has 5 nitrogen and oxygen atoms in total. The predicted molar refractivity (Wildman–Crippen MR) is 95.1 cm³/mol. The van der Waals surface area contributed by atoms with Gasteiger partial charge in [0.15, 0.2) is 15.5 Å². The van der Waals surface area contributed by atoms with Crippen molar-refractivity contribution in [1.82, 2.24) is 14.7 Å². The SMILES string of the molecule is Cn1nc(C(F)(F)F)cc1C1CCC(N2CCC3(CCS(=O)(=O)C3)C2)CC1. The first-order valence-corrected chi connectivity index (χ1v) is 11.4.